The number of nitrogens with one attached hydrogen (secondary N) is 1. The second-order valence-corrected chi connectivity index (χ2v) is 6.50. The van der Waals surface area contributed by atoms with Crippen LogP contribution in [0.4, 0.5) is 5.69 Å². The number of anilines is 1. The van der Waals surface area contributed by atoms with Crippen molar-refractivity contribution in [2.24, 2.45) is 0 Å². The first kappa shape index (κ1) is 19.4. The summed E-state index contributed by atoms with van der Waals surface area (Å²) in [5, 5.41) is 3.93. The van der Waals surface area contributed by atoms with E-state index in [1.807, 2.05) is 32.0 Å². The number of esters is 1. The summed E-state index contributed by atoms with van der Waals surface area (Å²) < 4.78 is 10.6. The highest BCUT2D eigenvalue weighted by molar-refractivity contribution is 6.37. The van der Waals surface area contributed by atoms with E-state index < -0.39 is 5.97 Å². The largest absolute Gasteiger partial charge is 0.493 e. The van der Waals surface area contributed by atoms with Gasteiger partial charge in [-0.3, -0.25) is 0 Å². The summed E-state index contributed by atoms with van der Waals surface area (Å²) in [6.07, 6.45) is 0.743. The Morgan fingerprint density at radius 2 is 1.84 bits per heavy atom. The number of para-hydroxylation sites is 1. The third-order valence-electron chi connectivity index (χ3n) is 3.74. The van der Waals surface area contributed by atoms with Crippen molar-refractivity contribution in [2.75, 3.05) is 25.6 Å². The Labute approximate surface area is 158 Å². The van der Waals surface area contributed by atoms with Gasteiger partial charge in [-0.05, 0) is 43.5 Å². The Bertz CT molecular complexity index is 742. The minimum Gasteiger partial charge on any atom is -0.493 e. The van der Waals surface area contributed by atoms with Crippen LogP contribution in [-0.4, -0.2) is 26.2 Å². The number of halogens is 2. The highest BCUT2D eigenvalue weighted by atomic mass is 35.5. The maximum atomic E-state index is 11.9. The molecule has 0 spiro atoms. The molecular weight excluding hydrogens is 361 g/mol. The zero-order valence-electron chi connectivity index (χ0n) is 14.5. The van der Waals surface area contributed by atoms with Gasteiger partial charge in [0.15, 0.2) is 0 Å². The van der Waals surface area contributed by atoms with Crippen LogP contribution in [0, 0.1) is 13.8 Å². The Morgan fingerprint density at radius 3 is 2.48 bits per heavy atom. The highest BCUT2D eigenvalue weighted by Gasteiger charge is 2.16. The van der Waals surface area contributed by atoms with Crippen LogP contribution < -0.4 is 10.1 Å². The number of hydrogen-bond acceptors (Lipinski definition) is 4. The van der Waals surface area contributed by atoms with Gasteiger partial charge in [0.05, 0.1) is 30.0 Å². The summed E-state index contributed by atoms with van der Waals surface area (Å²) in [4.78, 5) is 11.9. The standard InChI is InChI=1S/C19H21Cl2NO3/c1-12-6-4-7-13(2)18(12)25-9-5-8-22-17-15(19(23)24-3)10-14(20)11-16(17)21/h4,6-7,10-11,22H,5,8-9H2,1-3H3. The van der Waals surface area contributed by atoms with Crippen molar-refractivity contribution in [1.29, 1.82) is 0 Å². The van der Waals surface area contributed by atoms with Crippen LogP contribution >= 0.6 is 23.2 Å². The fraction of sp³-hybridized carbons (Fsp3) is 0.316. The van der Waals surface area contributed by atoms with E-state index in [9.17, 15) is 4.79 Å². The van der Waals surface area contributed by atoms with Crippen LogP contribution in [-0.2, 0) is 4.74 Å². The Kier molecular flexibility index (Phi) is 6.97. The summed E-state index contributed by atoms with van der Waals surface area (Å²) in [7, 11) is 1.32. The van der Waals surface area contributed by atoms with Gasteiger partial charge in [0.2, 0.25) is 0 Å². The molecule has 0 aliphatic heterocycles. The van der Waals surface area contributed by atoms with Crippen molar-refractivity contribution in [3.05, 3.63) is 57.1 Å². The van der Waals surface area contributed by atoms with Crippen molar-refractivity contribution in [3.8, 4) is 5.75 Å². The summed E-state index contributed by atoms with van der Waals surface area (Å²) in [5.41, 5.74) is 3.06. The lowest BCUT2D eigenvalue weighted by atomic mass is 10.1. The van der Waals surface area contributed by atoms with Gasteiger partial charge in [-0.15, -0.1) is 0 Å². The van der Waals surface area contributed by atoms with Gasteiger partial charge < -0.3 is 14.8 Å². The minimum atomic E-state index is -0.487. The van der Waals surface area contributed by atoms with E-state index in [1.54, 1.807) is 6.07 Å². The van der Waals surface area contributed by atoms with Gasteiger partial charge >= 0.3 is 5.97 Å². The Morgan fingerprint density at radius 1 is 1.16 bits per heavy atom. The van der Waals surface area contributed by atoms with Gasteiger partial charge in [0, 0.05) is 11.6 Å². The number of carbonyl (C=O) groups is 1. The Hall–Kier alpha value is -1.91. The average Bonchev–Trinajstić information content (AvgIpc) is 2.57. The number of rotatable bonds is 7. The average molecular weight is 382 g/mol. The zero-order chi connectivity index (χ0) is 18.4. The lowest BCUT2D eigenvalue weighted by molar-refractivity contribution is 0.0602. The molecule has 0 aromatic heterocycles. The second kappa shape index (κ2) is 8.97. The SMILES string of the molecule is COC(=O)c1cc(Cl)cc(Cl)c1NCCCOc1c(C)cccc1C. The van der Waals surface area contributed by atoms with Crippen LogP contribution in [0.15, 0.2) is 30.3 Å². The molecule has 0 aliphatic rings. The van der Waals surface area contributed by atoms with Crippen molar-refractivity contribution < 1.29 is 14.3 Å². The first-order chi connectivity index (χ1) is 11.9. The quantitative estimate of drug-likeness (QED) is 0.523. The molecule has 0 radical (unpaired) electrons. The topological polar surface area (TPSA) is 47.6 Å². The van der Waals surface area contributed by atoms with E-state index in [0.717, 1.165) is 23.3 Å². The van der Waals surface area contributed by atoms with E-state index in [2.05, 4.69) is 5.32 Å². The molecule has 25 heavy (non-hydrogen) atoms. The number of aryl methyl sites for hydroxylation is 2. The van der Waals surface area contributed by atoms with E-state index in [4.69, 9.17) is 32.7 Å². The van der Waals surface area contributed by atoms with E-state index in [-0.39, 0.29) is 0 Å². The smallest absolute Gasteiger partial charge is 0.340 e. The van der Waals surface area contributed by atoms with Gasteiger partial charge in [-0.25, -0.2) is 4.79 Å². The molecule has 0 unspecified atom stereocenters. The van der Waals surface area contributed by atoms with Crippen molar-refractivity contribution in [3.63, 3.8) is 0 Å². The number of methoxy groups -OCH3 is 1. The normalized spacial score (nSPS) is 10.4. The first-order valence-electron chi connectivity index (χ1n) is 7.94. The molecule has 0 bridgehead atoms. The summed E-state index contributed by atoms with van der Waals surface area (Å²) in [6.45, 7) is 5.20. The third-order valence-corrected chi connectivity index (χ3v) is 4.25. The molecule has 1 N–H and O–H groups in total. The molecule has 6 heteroatoms. The number of hydrogen-bond donors (Lipinski definition) is 1. The van der Waals surface area contributed by atoms with Crippen LogP contribution in [0.5, 0.6) is 5.75 Å². The molecule has 2 aromatic rings. The molecule has 0 saturated carbocycles. The molecule has 4 nitrogen and oxygen atoms in total. The van der Waals surface area contributed by atoms with Crippen LogP contribution in [0.1, 0.15) is 27.9 Å². The lowest BCUT2D eigenvalue weighted by Crippen LogP contribution is -2.12. The van der Waals surface area contributed by atoms with Crippen molar-refractivity contribution in [1.82, 2.24) is 0 Å². The monoisotopic (exact) mass is 381 g/mol. The molecule has 134 valence electrons. The van der Waals surface area contributed by atoms with E-state index >= 15 is 0 Å². The van der Waals surface area contributed by atoms with Crippen molar-refractivity contribution in [2.45, 2.75) is 20.3 Å². The molecular formula is C19H21Cl2NO3. The van der Waals surface area contributed by atoms with Gasteiger partial charge in [0.1, 0.15) is 5.75 Å². The molecule has 2 rings (SSSR count). The van der Waals surface area contributed by atoms with Gasteiger partial charge in [-0.2, -0.15) is 0 Å². The van der Waals surface area contributed by atoms with Crippen LogP contribution in [0.3, 0.4) is 0 Å². The van der Waals surface area contributed by atoms with Gasteiger partial charge in [0.25, 0.3) is 0 Å². The molecule has 0 aliphatic carbocycles. The summed E-state index contributed by atoms with van der Waals surface area (Å²) in [6, 6.07) is 9.18. The molecule has 2 aromatic carbocycles. The maximum Gasteiger partial charge on any atom is 0.340 e. The van der Waals surface area contributed by atoms with Crippen LogP contribution in [0.2, 0.25) is 10.0 Å². The fourth-order valence-corrected chi connectivity index (χ4v) is 3.07. The minimum absolute atomic E-state index is 0.315. The van der Waals surface area contributed by atoms with E-state index in [0.29, 0.717) is 34.4 Å². The zero-order valence-corrected chi connectivity index (χ0v) is 16.0. The molecule has 0 saturated heterocycles. The fourth-order valence-electron chi connectivity index (χ4n) is 2.51. The highest BCUT2D eigenvalue weighted by Crippen LogP contribution is 2.30. The molecule has 0 atom stereocenters. The second-order valence-electron chi connectivity index (χ2n) is 5.65. The molecule has 0 amide bonds. The van der Waals surface area contributed by atoms with Crippen molar-refractivity contribution >= 4 is 34.9 Å². The van der Waals surface area contributed by atoms with E-state index in [1.165, 1.54) is 13.2 Å². The first-order valence-corrected chi connectivity index (χ1v) is 8.70. The van der Waals surface area contributed by atoms with Gasteiger partial charge in [-0.1, -0.05) is 41.4 Å². The maximum absolute atomic E-state index is 11.9. The molecule has 0 heterocycles. The summed E-state index contributed by atoms with van der Waals surface area (Å²) >= 11 is 12.2. The summed E-state index contributed by atoms with van der Waals surface area (Å²) in [5.74, 6) is 0.431. The molecule has 0 fully saturated rings. The Balaban J connectivity index is 1.95. The predicted octanol–water partition coefficient (Wildman–Crippen LogP) is 5.28. The predicted molar refractivity (Wildman–Crippen MR) is 102 cm³/mol. The number of carbonyl (C=O) groups excluding carboxylic acids is 1. The van der Waals surface area contributed by atoms with Crippen LogP contribution in [0.25, 0.3) is 0 Å². The lowest BCUT2D eigenvalue weighted by Gasteiger charge is -2.15. The number of benzene rings is 2. The third kappa shape index (κ3) is 5.03. The number of ether oxygens (including phenoxy) is 2.